The SMILES string of the molecule is CC[C@H]1O[C@H](O)[C@H](C)[C@H](O)[C@@H]1C. The Labute approximate surface area is 73.4 Å². The average Bonchev–Trinajstić information content (AvgIpc) is 2.08. The summed E-state index contributed by atoms with van der Waals surface area (Å²) in [4.78, 5) is 0. The van der Waals surface area contributed by atoms with Crippen LogP contribution in [-0.4, -0.2) is 28.7 Å². The van der Waals surface area contributed by atoms with Crippen molar-refractivity contribution < 1.29 is 14.9 Å². The van der Waals surface area contributed by atoms with Crippen LogP contribution >= 0.6 is 0 Å². The molecule has 0 aromatic carbocycles. The number of aliphatic hydroxyl groups excluding tert-OH is 2. The highest BCUT2D eigenvalue weighted by atomic mass is 16.6. The monoisotopic (exact) mass is 174 g/mol. The van der Waals surface area contributed by atoms with Gasteiger partial charge in [-0.25, -0.2) is 0 Å². The van der Waals surface area contributed by atoms with Gasteiger partial charge in [0, 0.05) is 11.8 Å². The van der Waals surface area contributed by atoms with Gasteiger partial charge in [-0.05, 0) is 6.42 Å². The van der Waals surface area contributed by atoms with Crippen molar-refractivity contribution in [2.24, 2.45) is 11.8 Å². The summed E-state index contributed by atoms with van der Waals surface area (Å²) >= 11 is 0. The Balaban J connectivity index is 2.63. The highest BCUT2D eigenvalue weighted by Crippen LogP contribution is 2.30. The van der Waals surface area contributed by atoms with E-state index < -0.39 is 12.4 Å². The number of ether oxygens (including phenoxy) is 1. The van der Waals surface area contributed by atoms with Crippen LogP contribution in [-0.2, 0) is 4.74 Å². The van der Waals surface area contributed by atoms with E-state index in [-0.39, 0.29) is 17.9 Å². The van der Waals surface area contributed by atoms with Crippen LogP contribution in [0.15, 0.2) is 0 Å². The van der Waals surface area contributed by atoms with Gasteiger partial charge in [0.2, 0.25) is 0 Å². The summed E-state index contributed by atoms with van der Waals surface area (Å²) < 4.78 is 5.33. The first-order chi connectivity index (χ1) is 5.57. The Bertz CT molecular complexity index is 144. The highest BCUT2D eigenvalue weighted by molar-refractivity contribution is 4.83. The largest absolute Gasteiger partial charge is 0.392 e. The quantitative estimate of drug-likeness (QED) is 0.616. The van der Waals surface area contributed by atoms with E-state index in [1.165, 1.54) is 0 Å². The summed E-state index contributed by atoms with van der Waals surface area (Å²) in [7, 11) is 0. The lowest BCUT2D eigenvalue weighted by Crippen LogP contribution is -2.48. The van der Waals surface area contributed by atoms with Crippen molar-refractivity contribution in [3.63, 3.8) is 0 Å². The molecule has 2 N–H and O–H groups in total. The van der Waals surface area contributed by atoms with Gasteiger partial charge in [-0.3, -0.25) is 0 Å². The summed E-state index contributed by atoms with van der Waals surface area (Å²) in [5.41, 5.74) is 0. The maximum atomic E-state index is 9.68. The van der Waals surface area contributed by atoms with Crippen LogP contribution in [0, 0.1) is 11.8 Å². The zero-order valence-corrected chi connectivity index (χ0v) is 7.90. The molecule has 72 valence electrons. The van der Waals surface area contributed by atoms with Crippen molar-refractivity contribution in [3.8, 4) is 0 Å². The third kappa shape index (κ3) is 1.63. The third-order valence-corrected chi connectivity index (χ3v) is 2.83. The second-order valence-electron chi connectivity index (χ2n) is 3.68. The van der Waals surface area contributed by atoms with Gasteiger partial charge < -0.3 is 14.9 Å². The van der Waals surface area contributed by atoms with Crippen LogP contribution in [0.1, 0.15) is 27.2 Å². The molecule has 5 atom stereocenters. The maximum Gasteiger partial charge on any atom is 0.159 e. The molecule has 3 heteroatoms. The number of aliphatic hydroxyl groups is 2. The fourth-order valence-corrected chi connectivity index (χ4v) is 1.76. The Morgan fingerprint density at radius 1 is 1.17 bits per heavy atom. The topological polar surface area (TPSA) is 49.7 Å². The minimum Gasteiger partial charge on any atom is -0.392 e. The van der Waals surface area contributed by atoms with E-state index in [1.807, 2.05) is 13.8 Å². The van der Waals surface area contributed by atoms with Crippen molar-refractivity contribution in [3.05, 3.63) is 0 Å². The van der Waals surface area contributed by atoms with Gasteiger partial charge in [0.05, 0.1) is 12.2 Å². The molecule has 0 unspecified atom stereocenters. The molecule has 0 saturated carbocycles. The third-order valence-electron chi connectivity index (χ3n) is 2.83. The number of rotatable bonds is 1. The smallest absolute Gasteiger partial charge is 0.159 e. The highest BCUT2D eigenvalue weighted by Gasteiger charge is 2.38. The number of hydrogen-bond acceptors (Lipinski definition) is 3. The normalized spacial score (nSPS) is 49.2. The van der Waals surface area contributed by atoms with Crippen molar-refractivity contribution in [1.82, 2.24) is 0 Å². The minimum absolute atomic E-state index is 0.00815. The second-order valence-corrected chi connectivity index (χ2v) is 3.68. The molecule has 12 heavy (non-hydrogen) atoms. The van der Waals surface area contributed by atoms with E-state index in [0.717, 1.165) is 6.42 Å². The van der Waals surface area contributed by atoms with E-state index in [2.05, 4.69) is 0 Å². The zero-order chi connectivity index (χ0) is 9.30. The Morgan fingerprint density at radius 2 is 1.75 bits per heavy atom. The summed E-state index contributed by atoms with van der Waals surface area (Å²) in [6.45, 7) is 5.76. The predicted octanol–water partition coefficient (Wildman–Crippen LogP) is 0.747. The predicted molar refractivity (Wildman–Crippen MR) is 45.5 cm³/mol. The second kappa shape index (κ2) is 3.73. The van der Waals surface area contributed by atoms with E-state index in [0.29, 0.717) is 0 Å². The summed E-state index contributed by atoms with van der Waals surface area (Å²) in [6, 6.07) is 0. The lowest BCUT2D eigenvalue weighted by Gasteiger charge is -2.40. The van der Waals surface area contributed by atoms with Crippen LogP contribution < -0.4 is 0 Å². The van der Waals surface area contributed by atoms with Gasteiger partial charge in [0.1, 0.15) is 0 Å². The van der Waals surface area contributed by atoms with Gasteiger partial charge in [-0.1, -0.05) is 20.8 Å². The number of hydrogen-bond donors (Lipinski definition) is 2. The van der Waals surface area contributed by atoms with Crippen molar-refractivity contribution in [2.75, 3.05) is 0 Å². The van der Waals surface area contributed by atoms with Crippen LogP contribution in [0.5, 0.6) is 0 Å². The lowest BCUT2D eigenvalue weighted by molar-refractivity contribution is -0.241. The van der Waals surface area contributed by atoms with E-state index in [9.17, 15) is 10.2 Å². The standard InChI is InChI=1S/C9H18O3/c1-4-7-5(2)8(10)6(3)9(11)12-7/h5-11H,4H2,1-3H3/t5-,6-,7-,8-,9+/m1/s1. The van der Waals surface area contributed by atoms with Crippen LogP contribution in [0.25, 0.3) is 0 Å². The van der Waals surface area contributed by atoms with E-state index >= 15 is 0 Å². The molecular formula is C9H18O3. The molecule has 1 aliphatic heterocycles. The molecule has 0 radical (unpaired) electrons. The van der Waals surface area contributed by atoms with Gasteiger partial charge in [-0.2, -0.15) is 0 Å². The molecule has 1 fully saturated rings. The first kappa shape index (κ1) is 9.96. The molecule has 1 aliphatic rings. The first-order valence-corrected chi connectivity index (χ1v) is 4.59. The molecule has 0 spiro atoms. The molecule has 0 aromatic heterocycles. The van der Waals surface area contributed by atoms with E-state index in [1.54, 1.807) is 6.92 Å². The molecule has 1 heterocycles. The van der Waals surface area contributed by atoms with Crippen LogP contribution in [0.2, 0.25) is 0 Å². The summed E-state index contributed by atoms with van der Waals surface area (Å²) in [5.74, 6) is -0.0591. The van der Waals surface area contributed by atoms with Gasteiger partial charge in [-0.15, -0.1) is 0 Å². The Morgan fingerprint density at radius 3 is 2.25 bits per heavy atom. The fraction of sp³-hybridized carbons (Fsp3) is 1.00. The van der Waals surface area contributed by atoms with Crippen molar-refractivity contribution in [1.29, 1.82) is 0 Å². The summed E-state index contributed by atoms with van der Waals surface area (Å²) in [5, 5.41) is 19.1. The van der Waals surface area contributed by atoms with Crippen molar-refractivity contribution >= 4 is 0 Å². The molecule has 0 aromatic rings. The molecule has 0 aliphatic carbocycles. The molecule has 0 amide bonds. The van der Waals surface area contributed by atoms with Crippen LogP contribution in [0.4, 0.5) is 0 Å². The Hall–Kier alpha value is -0.120. The molecule has 1 saturated heterocycles. The lowest BCUT2D eigenvalue weighted by atomic mass is 9.85. The minimum atomic E-state index is -0.804. The van der Waals surface area contributed by atoms with Gasteiger partial charge in [0.15, 0.2) is 6.29 Å². The molecule has 1 rings (SSSR count). The van der Waals surface area contributed by atoms with Gasteiger partial charge in [0.25, 0.3) is 0 Å². The fourth-order valence-electron chi connectivity index (χ4n) is 1.76. The molecular weight excluding hydrogens is 156 g/mol. The van der Waals surface area contributed by atoms with Crippen LogP contribution in [0.3, 0.4) is 0 Å². The Kier molecular flexibility index (Phi) is 3.09. The summed E-state index contributed by atoms with van der Waals surface area (Å²) in [6.07, 6.45) is -0.423. The zero-order valence-electron chi connectivity index (χ0n) is 7.90. The first-order valence-electron chi connectivity index (χ1n) is 4.59. The van der Waals surface area contributed by atoms with Gasteiger partial charge >= 0.3 is 0 Å². The van der Waals surface area contributed by atoms with Crippen molar-refractivity contribution in [2.45, 2.75) is 45.7 Å². The maximum absolute atomic E-state index is 9.68. The molecule has 0 bridgehead atoms. The van der Waals surface area contributed by atoms with E-state index in [4.69, 9.17) is 4.74 Å². The average molecular weight is 174 g/mol. The molecule has 3 nitrogen and oxygen atoms in total.